The van der Waals surface area contributed by atoms with Crippen LogP contribution < -0.4 is 5.73 Å². The number of carbonyl (C=O) groups is 2. The number of hydrogen-bond acceptors (Lipinski definition) is 6. The Bertz CT molecular complexity index is 1640. The molecule has 2 N–H and O–H groups in total. The van der Waals surface area contributed by atoms with Crippen molar-refractivity contribution in [2.24, 2.45) is 21.6 Å². The maximum Gasteiger partial charge on any atom is 0.394 e. The van der Waals surface area contributed by atoms with E-state index >= 15 is 0 Å². The molecule has 1 unspecified atom stereocenters. The first-order valence-electron chi connectivity index (χ1n) is 14.1. The van der Waals surface area contributed by atoms with Crippen LogP contribution in [0, 0.1) is 22.5 Å². The van der Waals surface area contributed by atoms with Gasteiger partial charge in [0.1, 0.15) is 18.2 Å². The van der Waals surface area contributed by atoms with E-state index in [0.29, 0.717) is 17.3 Å². The van der Waals surface area contributed by atoms with Gasteiger partial charge in [-0.05, 0) is 66.1 Å². The van der Waals surface area contributed by atoms with Crippen LogP contribution in [-0.4, -0.2) is 45.3 Å². The number of amides is 1. The van der Waals surface area contributed by atoms with Gasteiger partial charge in [-0.15, -0.1) is 0 Å². The van der Waals surface area contributed by atoms with Crippen LogP contribution in [0.25, 0.3) is 5.69 Å². The average molecular weight is 652 g/mol. The fourth-order valence-corrected chi connectivity index (χ4v) is 5.65. The van der Waals surface area contributed by atoms with Gasteiger partial charge in [0.2, 0.25) is 0 Å². The molecule has 2 heterocycles. The second kappa shape index (κ2) is 11.4. The lowest BCUT2D eigenvalue weighted by atomic mass is 9.74. The van der Waals surface area contributed by atoms with Crippen LogP contribution in [-0.2, 0) is 19.9 Å². The third-order valence-electron chi connectivity index (χ3n) is 8.42. The Balaban J connectivity index is 1.61. The van der Waals surface area contributed by atoms with Crippen LogP contribution in [0.15, 0.2) is 59.9 Å². The summed E-state index contributed by atoms with van der Waals surface area (Å²) >= 11 is 6.43. The lowest BCUT2D eigenvalue weighted by molar-refractivity contribution is -0.218. The molecule has 240 valence electrons. The molecule has 45 heavy (non-hydrogen) atoms. The standard InChI is InChI=1S/C31H31ClF5N5O3/c1-28(2,31(35,36)37)17-30(19-12-20(33)14-21(34)13-19)26(44)42(27(38)40-30)24(16-45-25(43)15-29(3)7-8-29)18-5-6-22(32)23(11-18)41-10-4-9-39-41/h4-6,9-14,24H,7-8,15-17H2,1-3H3,(H2,38,40)/t24?,30-/m1/s1. The van der Waals surface area contributed by atoms with E-state index in [-0.39, 0.29) is 16.9 Å². The van der Waals surface area contributed by atoms with Gasteiger partial charge in [0.25, 0.3) is 5.91 Å². The van der Waals surface area contributed by atoms with Gasteiger partial charge >= 0.3 is 12.1 Å². The molecule has 1 aliphatic heterocycles. The van der Waals surface area contributed by atoms with Crippen molar-refractivity contribution >= 4 is 29.4 Å². The summed E-state index contributed by atoms with van der Waals surface area (Å²) in [6, 6.07) is 7.13. The quantitative estimate of drug-likeness (QED) is 0.196. The first kappa shape index (κ1) is 32.4. The zero-order chi connectivity index (χ0) is 32.9. The second-order valence-electron chi connectivity index (χ2n) is 12.6. The first-order valence-corrected chi connectivity index (χ1v) is 14.5. The molecule has 1 amide bonds. The molecule has 2 atom stereocenters. The zero-order valence-corrected chi connectivity index (χ0v) is 25.4. The smallest absolute Gasteiger partial charge is 0.394 e. The molecule has 0 radical (unpaired) electrons. The van der Waals surface area contributed by atoms with E-state index in [1.54, 1.807) is 18.3 Å². The fraction of sp³-hybridized carbons (Fsp3) is 0.419. The molecule has 0 saturated heterocycles. The summed E-state index contributed by atoms with van der Waals surface area (Å²) < 4.78 is 78.7. The number of guanidine groups is 1. The van der Waals surface area contributed by atoms with Crippen LogP contribution in [0.1, 0.15) is 63.6 Å². The van der Waals surface area contributed by atoms with Crippen molar-refractivity contribution in [2.75, 3.05) is 6.61 Å². The van der Waals surface area contributed by atoms with Gasteiger partial charge < -0.3 is 10.5 Å². The van der Waals surface area contributed by atoms with Gasteiger partial charge in [0.05, 0.1) is 28.6 Å². The topological polar surface area (TPSA) is 103 Å². The molecule has 0 bridgehead atoms. The summed E-state index contributed by atoms with van der Waals surface area (Å²) in [7, 11) is 0. The van der Waals surface area contributed by atoms with Crippen LogP contribution in [0.4, 0.5) is 22.0 Å². The highest BCUT2D eigenvalue weighted by molar-refractivity contribution is 6.32. The summed E-state index contributed by atoms with van der Waals surface area (Å²) in [5, 5.41) is 4.46. The van der Waals surface area contributed by atoms with Crippen LogP contribution >= 0.6 is 11.6 Å². The number of hydrogen-bond donors (Lipinski definition) is 1. The molecule has 2 aliphatic rings. The molecule has 1 aliphatic carbocycles. The maximum atomic E-state index is 14.5. The second-order valence-corrected chi connectivity index (χ2v) is 13.0. The van der Waals surface area contributed by atoms with E-state index in [9.17, 15) is 31.5 Å². The van der Waals surface area contributed by atoms with Crippen LogP contribution in [0.2, 0.25) is 5.02 Å². The first-order chi connectivity index (χ1) is 20.9. The van der Waals surface area contributed by atoms with E-state index in [2.05, 4.69) is 10.1 Å². The number of benzene rings is 2. The Kier molecular flexibility index (Phi) is 8.22. The van der Waals surface area contributed by atoms with Crippen molar-refractivity contribution in [3.63, 3.8) is 0 Å². The average Bonchev–Trinajstić information content (AvgIpc) is 3.31. The van der Waals surface area contributed by atoms with Gasteiger partial charge in [-0.25, -0.2) is 18.5 Å². The largest absolute Gasteiger partial charge is 0.463 e. The van der Waals surface area contributed by atoms with Gasteiger partial charge in [0, 0.05) is 18.5 Å². The Morgan fingerprint density at radius 3 is 2.38 bits per heavy atom. The zero-order valence-electron chi connectivity index (χ0n) is 24.7. The minimum atomic E-state index is -4.83. The summed E-state index contributed by atoms with van der Waals surface area (Å²) in [5.74, 6) is -4.37. The van der Waals surface area contributed by atoms with Crippen molar-refractivity contribution in [1.82, 2.24) is 14.7 Å². The molecule has 8 nitrogen and oxygen atoms in total. The van der Waals surface area contributed by atoms with E-state index in [1.807, 2.05) is 6.92 Å². The molecule has 0 spiro atoms. The Morgan fingerprint density at radius 1 is 1.13 bits per heavy atom. The van der Waals surface area contributed by atoms with Crippen LogP contribution in [0.3, 0.4) is 0 Å². The minimum absolute atomic E-state index is 0.128. The predicted molar refractivity (Wildman–Crippen MR) is 155 cm³/mol. The molecule has 5 rings (SSSR count). The van der Waals surface area contributed by atoms with Crippen molar-refractivity contribution in [2.45, 2.75) is 64.2 Å². The number of ether oxygens (including phenoxy) is 1. The van der Waals surface area contributed by atoms with E-state index < -0.39 is 71.2 Å². The lowest BCUT2D eigenvalue weighted by Gasteiger charge is -2.37. The maximum absolute atomic E-state index is 14.5. The van der Waals surface area contributed by atoms with Crippen molar-refractivity contribution < 1.29 is 36.3 Å². The van der Waals surface area contributed by atoms with E-state index in [0.717, 1.165) is 43.7 Å². The number of carbonyl (C=O) groups excluding carboxylic acids is 2. The molecule has 14 heteroatoms. The van der Waals surface area contributed by atoms with E-state index in [1.165, 1.54) is 23.0 Å². The molecule has 1 saturated carbocycles. The number of aromatic nitrogens is 2. The number of rotatable bonds is 10. The van der Waals surface area contributed by atoms with Crippen molar-refractivity contribution in [3.05, 3.63) is 82.6 Å². The Hall–Kier alpha value is -4.00. The lowest BCUT2D eigenvalue weighted by Crippen LogP contribution is -2.49. The van der Waals surface area contributed by atoms with Crippen molar-refractivity contribution in [3.8, 4) is 5.69 Å². The van der Waals surface area contributed by atoms with E-state index in [4.69, 9.17) is 22.1 Å². The van der Waals surface area contributed by atoms with Gasteiger partial charge in [-0.1, -0.05) is 38.4 Å². The molecule has 1 fully saturated rings. The Morgan fingerprint density at radius 2 is 1.80 bits per heavy atom. The number of halogens is 6. The SMILES string of the molecule is CC1(CC(=O)OCC(c2ccc(Cl)c(-n3cccn3)c2)N2C(=O)[C@@](CC(C)(C)C(F)(F)F)(c3cc(F)cc(F)c3)N=C2N)CC1. The predicted octanol–water partition coefficient (Wildman–Crippen LogP) is 6.61. The highest BCUT2D eigenvalue weighted by atomic mass is 35.5. The molecule has 2 aromatic carbocycles. The third-order valence-corrected chi connectivity index (χ3v) is 8.74. The Labute approximate surface area is 261 Å². The number of aliphatic imine (C=N–C) groups is 1. The third kappa shape index (κ3) is 6.40. The number of esters is 1. The van der Waals surface area contributed by atoms with Gasteiger partial charge in [0.15, 0.2) is 11.5 Å². The summed E-state index contributed by atoms with van der Waals surface area (Å²) in [6.45, 7) is 3.21. The highest BCUT2D eigenvalue weighted by Crippen LogP contribution is 2.51. The molecular weight excluding hydrogens is 621 g/mol. The molecule has 3 aromatic rings. The van der Waals surface area contributed by atoms with Crippen molar-refractivity contribution in [1.29, 1.82) is 0 Å². The molecular formula is C31H31ClF5N5O3. The monoisotopic (exact) mass is 651 g/mol. The summed E-state index contributed by atoms with van der Waals surface area (Å²) in [6.07, 6.45) is -0.883. The normalized spacial score (nSPS) is 20.2. The van der Waals surface area contributed by atoms with Crippen LogP contribution in [0.5, 0.6) is 0 Å². The number of nitrogens with zero attached hydrogens (tertiary/aromatic N) is 4. The number of alkyl halides is 3. The highest BCUT2D eigenvalue weighted by Gasteiger charge is 2.59. The summed E-state index contributed by atoms with van der Waals surface area (Å²) in [4.78, 5) is 32.4. The molecule has 1 aromatic heterocycles. The minimum Gasteiger partial charge on any atom is -0.463 e. The summed E-state index contributed by atoms with van der Waals surface area (Å²) in [5.41, 5.74) is 1.37. The van der Waals surface area contributed by atoms with Gasteiger partial charge in [-0.2, -0.15) is 18.3 Å². The number of nitrogens with two attached hydrogens (primary N) is 1. The van der Waals surface area contributed by atoms with Gasteiger partial charge in [-0.3, -0.25) is 14.5 Å². The fourth-order valence-electron chi connectivity index (χ4n) is 5.44.